The topological polar surface area (TPSA) is 53.7 Å². The van der Waals surface area contributed by atoms with Crippen LogP contribution in [0.15, 0.2) is 24.8 Å². The van der Waals surface area contributed by atoms with Crippen molar-refractivity contribution >= 4 is 25.4 Å². The Morgan fingerprint density at radius 1 is 1.24 bits per heavy atom. The molecule has 1 aromatic carbocycles. The largest absolute Gasteiger partial charge is 0.487 e. The van der Waals surface area contributed by atoms with Crippen LogP contribution in [0.4, 0.5) is 5.69 Å². The molecule has 4 nitrogen and oxygen atoms in total. The molecule has 0 aliphatic heterocycles. The number of hydrogen-bond donors (Lipinski definition) is 1. The number of ether oxygens (including phenoxy) is 3. The molecule has 1 aromatic rings. The summed E-state index contributed by atoms with van der Waals surface area (Å²) in [6.07, 6.45) is 1.65. The van der Waals surface area contributed by atoms with Gasteiger partial charge < -0.3 is 19.9 Å². The van der Waals surface area contributed by atoms with E-state index in [4.69, 9.17) is 31.5 Å². The maximum absolute atomic E-state index is 6.09. The van der Waals surface area contributed by atoms with Crippen LogP contribution in [0.1, 0.15) is 0 Å². The van der Waals surface area contributed by atoms with Gasteiger partial charge in [-0.1, -0.05) is 43.9 Å². The highest BCUT2D eigenvalue weighted by molar-refractivity contribution is 6.76. The van der Waals surface area contributed by atoms with Crippen molar-refractivity contribution in [3.63, 3.8) is 0 Å². The van der Waals surface area contributed by atoms with Gasteiger partial charge in [0, 0.05) is 20.7 Å². The van der Waals surface area contributed by atoms with Crippen LogP contribution in [0.3, 0.4) is 0 Å². The molecule has 1 rings (SSSR count). The Bertz CT molecular complexity index is 475. The number of hydrogen-bond acceptors (Lipinski definition) is 4. The minimum absolute atomic E-state index is 0.162. The summed E-state index contributed by atoms with van der Waals surface area (Å²) in [4.78, 5) is 0. The van der Waals surface area contributed by atoms with Crippen molar-refractivity contribution in [1.29, 1.82) is 0 Å². The van der Waals surface area contributed by atoms with Crippen molar-refractivity contribution in [2.24, 2.45) is 0 Å². The van der Waals surface area contributed by atoms with Gasteiger partial charge in [0.05, 0.1) is 10.7 Å². The summed E-state index contributed by atoms with van der Waals surface area (Å²) in [6, 6.07) is 4.37. The maximum Gasteiger partial charge on any atom is 0.189 e. The lowest BCUT2D eigenvalue weighted by Gasteiger charge is -2.16. The molecule has 0 saturated carbocycles. The van der Waals surface area contributed by atoms with Crippen molar-refractivity contribution < 1.29 is 14.2 Å². The molecular formula is C15H24ClNO3Si. The molecule has 0 radical (unpaired) electrons. The van der Waals surface area contributed by atoms with Crippen LogP contribution in [-0.2, 0) is 4.74 Å². The first-order valence-electron chi connectivity index (χ1n) is 6.87. The zero-order valence-electron chi connectivity index (χ0n) is 12.9. The minimum atomic E-state index is -1.08. The Kier molecular flexibility index (Phi) is 7.08. The second kappa shape index (κ2) is 8.31. The van der Waals surface area contributed by atoms with E-state index in [0.29, 0.717) is 35.4 Å². The van der Waals surface area contributed by atoms with Crippen LogP contribution in [0.25, 0.3) is 0 Å². The molecule has 0 saturated heterocycles. The van der Waals surface area contributed by atoms with Gasteiger partial charge in [0.2, 0.25) is 0 Å². The van der Waals surface area contributed by atoms with Gasteiger partial charge in [0.15, 0.2) is 6.79 Å². The predicted octanol–water partition coefficient (Wildman–Crippen LogP) is 4.18. The van der Waals surface area contributed by atoms with Gasteiger partial charge in [-0.3, -0.25) is 0 Å². The van der Waals surface area contributed by atoms with Crippen LogP contribution in [0.2, 0.25) is 30.7 Å². The molecule has 0 unspecified atom stereocenters. The van der Waals surface area contributed by atoms with Crippen LogP contribution in [0.5, 0.6) is 11.5 Å². The standard InChI is InChI=1S/C15H24ClNO3Si/c1-5-6-19-15-10-14(12(16)9-13(15)17)20-11-18-7-8-21(2,3)4/h5,9-10H,1,6-8,11,17H2,2-4H3. The molecule has 0 atom stereocenters. The maximum atomic E-state index is 6.09. The van der Waals surface area contributed by atoms with Gasteiger partial charge >= 0.3 is 0 Å². The van der Waals surface area contributed by atoms with Gasteiger partial charge in [-0.2, -0.15) is 0 Å². The molecule has 0 aliphatic carbocycles. The highest BCUT2D eigenvalue weighted by Crippen LogP contribution is 2.34. The summed E-state index contributed by atoms with van der Waals surface area (Å²) in [5.74, 6) is 1.02. The third-order valence-corrected chi connectivity index (χ3v) is 4.71. The summed E-state index contributed by atoms with van der Waals surface area (Å²) in [5.41, 5.74) is 6.30. The smallest absolute Gasteiger partial charge is 0.189 e. The Labute approximate surface area is 132 Å². The van der Waals surface area contributed by atoms with Gasteiger partial charge in [0.1, 0.15) is 18.1 Å². The molecule has 6 heteroatoms. The fourth-order valence-corrected chi connectivity index (χ4v) is 2.46. The molecule has 0 amide bonds. The van der Waals surface area contributed by atoms with Crippen LogP contribution >= 0.6 is 11.6 Å². The first-order chi connectivity index (χ1) is 9.83. The highest BCUT2D eigenvalue weighted by atomic mass is 35.5. The summed E-state index contributed by atoms with van der Waals surface area (Å²) in [5, 5.41) is 0.437. The average Bonchev–Trinajstić information content (AvgIpc) is 2.38. The van der Waals surface area contributed by atoms with Crippen molar-refractivity contribution in [2.75, 3.05) is 25.7 Å². The average molecular weight is 330 g/mol. The van der Waals surface area contributed by atoms with Gasteiger partial charge in [-0.05, 0) is 12.1 Å². The van der Waals surface area contributed by atoms with Crippen molar-refractivity contribution in [1.82, 2.24) is 0 Å². The van der Waals surface area contributed by atoms with E-state index >= 15 is 0 Å². The van der Waals surface area contributed by atoms with Crippen molar-refractivity contribution in [2.45, 2.75) is 25.7 Å². The number of benzene rings is 1. The number of rotatable bonds is 9. The Hall–Kier alpha value is -1.17. The van der Waals surface area contributed by atoms with Crippen molar-refractivity contribution in [3.8, 4) is 11.5 Å². The number of anilines is 1. The SMILES string of the molecule is C=CCOc1cc(OCOCC[Si](C)(C)C)c(Cl)cc1N. The molecule has 2 N–H and O–H groups in total. The van der Waals surface area contributed by atoms with Crippen molar-refractivity contribution in [3.05, 3.63) is 29.8 Å². The van der Waals surface area contributed by atoms with E-state index in [-0.39, 0.29) is 6.79 Å². The van der Waals surface area contributed by atoms with Gasteiger partial charge in [-0.15, -0.1) is 0 Å². The summed E-state index contributed by atoms with van der Waals surface area (Å²) in [7, 11) is -1.08. The lowest BCUT2D eigenvalue weighted by molar-refractivity contribution is 0.0220. The highest BCUT2D eigenvalue weighted by Gasteiger charge is 2.12. The molecule has 0 heterocycles. The number of nitrogen functional groups attached to an aromatic ring is 1. The van der Waals surface area contributed by atoms with E-state index in [9.17, 15) is 0 Å². The number of halogens is 1. The van der Waals surface area contributed by atoms with E-state index < -0.39 is 8.07 Å². The van der Waals surface area contributed by atoms with Crippen LogP contribution in [-0.4, -0.2) is 28.1 Å². The van der Waals surface area contributed by atoms with E-state index in [1.54, 1.807) is 18.2 Å². The van der Waals surface area contributed by atoms with E-state index in [0.717, 1.165) is 6.04 Å². The molecular weight excluding hydrogens is 306 g/mol. The third kappa shape index (κ3) is 6.88. The predicted molar refractivity (Wildman–Crippen MR) is 91.2 cm³/mol. The van der Waals surface area contributed by atoms with Gasteiger partial charge in [-0.25, -0.2) is 0 Å². The second-order valence-corrected chi connectivity index (χ2v) is 11.9. The molecule has 0 aromatic heterocycles. The molecule has 118 valence electrons. The van der Waals surface area contributed by atoms with E-state index in [1.807, 2.05) is 0 Å². The fourth-order valence-electron chi connectivity index (χ4n) is 1.48. The zero-order chi connectivity index (χ0) is 15.9. The normalized spacial score (nSPS) is 11.2. The summed E-state index contributed by atoms with van der Waals surface area (Å²) < 4.78 is 16.4. The summed E-state index contributed by atoms with van der Waals surface area (Å²) in [6.45, 7) is 11.7. The first-order valence-corrected chi connectivity index (χ1v) is 11.0. The Morgan fingerprint density at radius 3 is 2.57 bits per heavy atom. The third-order valence-electron chi connectivity index (χ3n) is 2.72. The monoisotopic (exact) mass is 329 g/mol. The lowest BCUT2D eigenvalue weighted by atomic mass is 10.3. The molecule has 0 spiro atoms. The fraction of sp³-hybridized carbons (Fsp3) is 0.467. The minimum Gasteiger partial charge on any atom is -0.487 e. The van der Waals surface area contributed by atoms with E-state index in [1.165, 1.54) is 0 Å². The molecule has 0 aliphatic rings. The molecule has 0 fully saturated rings. The van der Waals surface area contributed by atoms with E-state index in [2.05, 4.69) is 26.2 Å². The van der Waals surface area contributed by atoms with Gasteiger partial charge in [0.25, 0.3) is 0 Å². The molecule has 21 heavy (non-hydrogen) atoms. The number of nitrogens with two attached hydrogens (primary N) is 1. The lowest BCUT2D eigenvalue weighted by Crippen LogP contribution is -2.22. The van der Waals surface area contributed by atoms with Crippen LogP contribution < -0.4 is 15.2 Å². The summed E-state index contributed by atoms with van der Waals surface area (Å²) >= 11 is 6.09. The second-order valence-electron chi connectivity index (χ2n) is 5.90. The Balaban J connectivity index is 2.52. The zero-order valence-corrected chi connectivity index (χ0v) is 14.7. The quantitative estimate of drug-likeness (QED) is 0.243. The molecule has 0 bridgehead atoms. The Morgan fingerprint density at radius 2 is 1.95 bits per heavy atom. The van der Waals surface area contributed by atoms with Crippen LogP contribution in [0, 0.1) is 0 Å². The first kappa shape index (κ1) is 17.9.